The minimum absolute atomic E-state index is 0.204. The van der Waals surface area contributed by atoms with Crippen LogP contribution in [0, 0.1) is 5.92 Å². The van der Waals surface area contributed by atoms with Crippen LogP contribution in [0.3, 0.4) is 0 Å². The second-order valence-corrected chi connectivity index (χ2v) is 7.93. The van der Waals surface area contributed by atoms with Crippen molar-refractivity contribution in [2.45, 2.75) is 30.7 Å². The molecule has 2 unspecified atom stereocenters. The third kappa shape index (κ3) is 4.94. The van der Waals surface area contributed by atoms with Crippen LogP contribution in [0.4, 0.5) is 0 Å². The number of hydrogen-bond acceptors (Lipinski definition) is 5. The fourth-order valence-electron chi connectivity index (χ4n) is 2.61. The van der Waals surface area contributed by atoms with Crippen LogP contribution in [0.2, 0.25) is 0 Å². The standard InChI is InChI=1S/C16H24N2O4S/c1-12(16(19)18-10-13-4-3-9-17-13)11-23(20,21)15-7-5-14(22-2)6-8-15/h5-8,12-13,17H,3-4,9-11H2,1-2H3,(H,18,19). The number of benzene rings is 1. The monoisotopic (exact) mass is 340 g/mol. The highest BCUT2D eigenvalue weighted by Gasteiger charge is 2.24. The number of sulfone groups is 1. The zero-order chi connectivity index (χ0) is 16.9. The second kappa shape index (κ2) is 7.79. The summed E-state index contributed by atoms with van der Waals surface area (Å²) >= 11 is 0. The molecule has 2 N–H and O–H groups in total. The Labute approximate surface area is 137 Å². The molecule has 1 aliphatic heterocycles. The molecule has 1 saturated heterocycles. The van der Waals surface area contributed by atoms with Gasteiger partial charge in [-0.25, -0.2) is 8.42 Å². The molecular weight excluding hydrogens is 316 g/mol. The first kappa shape index (κ1) is 17.7. The average molecular weight is 340 g/mol. The highest BCUT2D eigenvalue weighted by molar-refractivity contribution is 7.91. The van der Waals surface area contributed by atoms with Gasteiger partial charge in [0.2, 0.25) is 5.91 Å². The first-order valence-corrected chi connectivity index (χ1v) is 9.45. The van der Waals surface area contributed by atoms with Crippen molar-refractivity contribution in [2.24, 2.45) is 5.92 Å². The number of carbonyl (C=O) groups is 1. The van der Waals surface area contributed by atoms with E-state index in [1.54, 1.807) is 19.1 Å². The SMILES string of the molecule is COc1ccc(S(=O)(=O)CC(C)C(=O)NCC2CCCN2)cc1. The lowest BCUT2D eigenvalue weighted by atomic mass is 10.2. The van der Waals surface area contributed by atoms with Crippen molar-refractivity contribution in [2.75, 3.05) is 26.0 Å². The molecule has 1 amide bonds. The summed E-state index contributed by atoms with van der Waals surface area (Å²) in [6.07, 6.45) is 2.15. The van der Waals surface area contributed by atoms with E-state index in [4.69, 9.17) is 4.74 Å². The van der Waals surface area contributed by atoms with Gasteiger partial charge >= 0.3 is 0 Å². The topological polar surface area (TPSA) is 84.5 Å². The zero-order valence-electron chi connectivity index (χ0n) is 13.5. The van der Waals surface area contributed by atoms with Crippen molar-refractivity contribution < 1.29 is 17.9 Å². The Kier molecular flexibility index (Phi) is 6.01. The minimum Gasteiger partial charge on any atom is -0.497 e. The Morgan fingerprint density at radius 2 is 2.09 bits per heavy atom. The summed E-state index contributed by atoms with van der Waals surface area (Å²) in [5.41, 5.74) is 0. The molecule has 6 nitrogen and oxygen atoms in total. The molecular formula is C16H24N2O4S. The van der Waals surface area contributed by atoms with E-state index in [1.807, 2.05) is 0 Å². The molecule has 1 heterocycles. The third-order valence-corrected chi connectivity index (χ3v) is 5.95. The lowest BCUT2D eigenvalue weighted by molar-refractivity contribution is -0.123. The van der Waals surface area contributed by atoms with Gasteiger partial charge in [-0.15, -0.1) is 0 Å². The van der Waals surface area contributed by atoms with Crippen LogP contribution >= 0.6 is 0 Å². The summed E-state index contributed by atoms with van der Waals surface area (Å²) in [5, 5.41) is 6.12. The highest BCUT2D eigenvalue weighted by Crippen LogP contribution is 2.18. The predicted molar refractivity (Wildman–Crippen MR) is 88.2 cm³/mol. The zero-order valence-corrected chi connectivity index (χ0v) is 14.4. The van der Waals surface area contributed by atoms with Gasteiger partial charge in [0.15, 0.2) is 9.84 Å². The van der Waals surface area contributed by atoms with Crippen LogP contribution in [0.25, 0.3) is 0 Å². The number of carbonyl (C=O) groups excluding carboxylic acids is 1. The van der Waals surface area contributed by atoms with Crippen molar-refractivity contribution in [3.8, 4) is 5.75 Å². The van der Waals surface area contributed by atoms with E-state index < -0.39 is 15.8 Å². The lowest BCUT2D eigenvalue weighted by Crippen LogP contribution is -2.40. The molecule has 0 aromatic heterocycles. The van der Waals surface area contributed by atoms with Crippen molar-refractivity contribution in [3.05, 3.63) is 24.3 Å². The Morgan fingerprint density at radius 3 is 2.65 bits per heavy atom. The number of methoxy groups -OCH3 is 1. The van der Waals surface area contributed by atoms with E-state index in [0.29, 0.717) is 18.3 Å². The van der Waals surface area contributed by atoms with E-state index in [1.165, 1.54) is 19.2 Å². The van der Waals surface area contributed by atoms with E-state index in [9.17, 15) is 13.2 Å². The van der Waals surface area contributed by atoms with Gasteiger partial charge in [0.1, 0.15) is 5.75 Å². The summed E-state index contributed by atoms with van der Waals surface area (Å²) in [6.45, 7) is 3.16. The molecule has 0 saturated carbocycles. The fraction of sp³-hybridized carbons (Fsp3) is 0.562. The van der Waals surface area contributed by atoms with Gasteiger partial charge < -0.3 is 15.4 Å². The summed E-state index contributed by atoms with van der Waals surface area (Å²) in [5.74, 6) is -0.429. The Bertz CT molecular complexity index is 622. The second-order valence-electron chi connectivity index (χ2n) is 5.90. The molecule has 1 aliphatic rings. The van der Waals surface area contributed by atoms with Gasteiger partial charge in [-0.1, -0.05) is 6.92 Å². The van der Waals surface area contributed by atoms with Crippen molar-refractivity contribution >= 4 is 15.7 Å². The molecule has 7 heteroatoms. The third-order valence-electron chi connectivity index (χ3n) is 4.02. The summed E-state index contributed by atoms with van der Waals surface area (Å²) in [4.78, 5) is 12.3. The summed E-state index contributed by atoms with van der Waals surface area (Å²) in [6, 6.07) is 6.50. The van der Waals surface area contributed by atoms with Gasteiger partial charge in [0, 0.05) is 18.5 Å². The molecule has 0 spiro atoms. The molecule has 128 valence electrons. The Hall–Kier alpha value is -1.60. The maximum atomic E-state index is 12.4. The van der Waals surface area contributed by atoms with Gasteiger partial charge in [-0.3, -0.25) is 4.79 Å². The minimum atomic E-state index is -3.50. The molecule has 1 fully saturated rings. The lowest BCUT2D eigenvalue weighted by Gasteiger charge is -2.15. The fourth-order valence-corrected chi connectivity index (χ4v) is 4.17. The number of rotatable bonds is 7. The molecule has 23 heavy (non-hydrogen) atoms. The number of ether oxygens (including phenoxy) is 1. The van der Waals surface area contributed by atoms with Crippen molar-refractivity contribution in [3.63, 3.8) is 0 Å². The van der Waals surface area contributed by atoms with Crippen LogP contribution in [-0.4, -0.2) is 46.3 Å². The first-order chi connectivity index (χ1) is 10.9. The maximum absolute atomic E-state index is 12.4. The van der Waals surface area contributed by atoms with E-state index in [0.717, 1.165) is 19.4 Å². The van der Waals surface area contributed by atoms with Crippen LogP contribution in [0.1, 0.15) is 19.8 Å². The van der Waals surface area contributed by atoms with E-state index in [-0.39, 0.29) is 16.6 Å². The van der Waals surface area contributed by atoms with Crippen LogP contribution in [-0.2, 0) is 14.6 Å². The van der Waals surface area contributed by atoms with E-state index >= 15 is 0 Å². The molecule has 0 bridgehead atoms. The largest absolute Gasteiger partial charge is 0.497 e. The van der Waals surface area contributed by atoms with Gasteiger partial charge in [-0.05, 0) is 43.7 Å². The average Bonchev–Trinajstić information content (AvgIpc) is 3.05. The quantitative estimate of drug-likeness (QED) is 0.773. The molecule has 2 atom stereocenters. The van der Waals surface area contributed by atoms with Crippen LogP contribution in [0.15, 0.2) is 29.2 Å². The maximum Gasteiger partial charge on any atom is 0.223 e. The molecule has 0 radical (unpaired) electrons. The van der Waals surface area contributed by atoms with Crippen LogP contribution < -0.4 is 15.4 Å². The number of amides is 1. The highest BCUT2D eigenvalue weighted by atomic mass is 32.2. The normalized spacial score (nSPS) is 19.3. The molecule has 0 aliphatic carbocycles. The van der Waals surface area contributed by atoms with E-state index in [2.05, 4.69) is 10.6 Å². The Balaban J connectivity index is 1.91. The van der Waals surface area contributed by atoms with Crippen molar-refractivity contribution in [1.82, 2.24) is 10.6 Å². The van der Waals surface area contributed by atoms with Gasteiger partial charge in [0.25, 0.3) is 0 Å². The number of nitrogens with one attached hydrogen (secondary N) is 2. The summed E-state index contributed by atoms with van der Waals surface area (Å²) < 4.78 is 29.8. The summed E-state index contributed by atoms with van der Waals surface area (Å²) in [7, 11) is -1.98. The van der Waals surface area contributed by atoms with Crippen LogP contribution in [0.5, 0.6) is 5.75 Å². The van der Waals surface area contributed by atoms with Gasteiger partial charge in [-0.2, -0.15) is 0 Å². The molecule has 1 aromatic carbocycles. The predicted octanol–water partition coefficient (Wildman–Crippen LogP) is 0.973. The number of hydrogen-bond donors (Lipinski definition) is 2. The first-order valence-electron chi connectivity index (χ1n) is 7.80. The van der Waals surface area contributed by atoms with Gasteiger partial charge in [0.05, 0.1) is 17.8 Å². The Morgan fingerprint density at radius 1 is 1.39 bits per heavy atom. The molecule has 2 rings (SSSR count). The van der Waals surface area contributed by atoms with Crippen molar-refractivity contribution in [1.29, 1.82) is 0 Å². The smallest absolute Gasteiger partial charge is 0.223 e. The molecule has 1 aromatic rings.